The molecule has 5 heteroatoms. The van der Waals surface area contributed by atoms with Gasteiger partial charge in [0.15, 0.2) is 6.10 Å². The van der Waals surface area contributed by atoms with Gasteiger partial charge in [-0.2, -0.15) is 0 Å². The van der Waals surface area contributed by atoms with Crippen LogP contribution in [0.25, 0.3) is 0 Å². The van der Waals surface area contributed by atoms with Gasteiger partial charge < -0.3 is 9.64 Å². The van der Waals surface area contributed by atoms with Crippen LogP contribution in [0.1, 0.15) is 27.6 Å². The fourth-order valence-corrected chi connectivity index (χ4v) is 2.57. The van der Waals surface area contributed by atoms with Crippen LogP contribution in [-0.2, 0) is 4.74 Å². The highest BCUT2D eigenvalue weighted by atomic mass is 35.5. The van der Waals surface area contributed by atoms with Crippen molar-refractivity contribution in [2.45, 2.75) is 6.10 Å². The van der Waals surface area contributed by atoms with E-state index in [1.165, 1.54) is 0 Å². The maximum Gasteiger partial charge on any atom is 0.339 e. The number of nitrogens with one attached hydrogen (secondary N) is 1. The largest absolute Gasteiger partial charge is 0.449 e. The molecule has 1 aliphatic heterocycles. The van der Waals surface area contributed by atoms with E-state index in [-0.39, 0.29) is 12.1 Å². The van der Waals surface area contributed by atoms with Gasteiger partial charge in [-0.1, -0.05) is 18.2 Å². The molecule has 108 valence electrons. The van der Waals surface area contributed by atoms with Crippen molar-refractivity contribution in [3.8, 4) is 0 Å². The van der Waals surface area contributed by atoms with Crippen molar-refractivity contribution in [1.82, 2.24) is 0 Å². The molecule has 0 radical (unpaired) electrons. The third-order valence-corrected chi connectivity index (χ3v) is 3.82. The lowest BCUT2D eigenvalue weighted by molar-refractivity contribution is 0.0456. The van der Waals surface area contributed by atoms with E-state index < -0.39 is 0 Å². The summed E-state index contributed by atoms with van der Waals surface area (Å²) >= 11 is 5.57. The second-order valence-corrected chi connectivity index (χ2v) is 5.36. The first-order valence-corrected chi connectivity index (χ1v) is 6.97. The number of hydrogen-bond acceptors (Lipinski definition) is 4. The van der Waals surface area contributed by atoms with E-state index in [1.54, 1.807) is 6.07 Å². The minimum Gasteiger partial charge on any atom is -0.449 e. The van der Waals surface area contributed by atoms with E-state index in [4.69, 9.17) is 16.5 Å². The summed E-state index contributed by atoms with van der Waals surface area (Å²) in [6.45, 7) is 0. The molecule has 2 aromatic carbocycles. The number of nitrogens with zero attached hydrogens (tertiary/aromatic N) is 1. The molecule has 0 amide bonds. The lowest BCUT2D eigenvalue weighted by Gasteiger charge is -2.15. The van der Waals surface area contributed by atoms with Crippen LogP contribution in [0.2, 0.25) is 0 Å². The summed E-state index contributed by atoms with van der Waals surface area (Å²) in [6.07, 6.45) is -0.354. The Hall–Kier alpha value is -2.20. The average Bonchev–Trinajstić information content (AvgIpc) is 2.84. The van der Waals surface area contributed by atoms with E-state index >= 15 is 0 Å². The first kappa shape index (κ1) is 13.8. The topological polar surface area (TPSA) is 41.6 Å². The van der Waals surface area contributed by atoms with E-state index in [9.17, 15) is 4.79 Å². The minimum atomic E-state index is -0.354. The zero-order chi connectivity index (χ0) is 15.0. The molecule has 0 aliphatic carbocycles. The van der Waals surface area contributed by atoms with Crippen molar-refractivity contribution < 1.29 is 9.53 Å². The lowest BCUT2D eigenvalue weighted by atomic mass is 9.98. The Morgan fingerprint density at radius 1 is 1.14 bits per heavy atom. The molecule has 2 aromatic rings. The van der Waals surface area contributed by atoms with Crippen LogP contribution < -0.4 is 9.74 Å². The second kappa shape index (κ2) is 5.30. The van der Waals surface area contributed by atoms with Gasteiger partial charge in [-0.3, -0.25) is 4.84 Å². The maximum atomic E-state index is 12.0. The number of hydrogen-bond donors (Lipinski definition) is 1. The number of rotatable bonds is 3. The van der Waals surface area contributed by atoms with Crippen molar-refractivity contribution in [3.05, 3.63) is 59.2 Å². The Kier molecular flexibility index (Phi) is 3.47. The Morgan fingerprint density at radius 2 is 1.86 bits per heavy atom. The summed E-state index contributed by atoms with van der Waals surface area (Å²) in [6, 6.07) is 13.4. The van der Waals surface area contributed by atoms with Crippen LogP contribution in [-0.4, -0.2) is 20.1 Å². The molecule has 1 N–H and O–H groups in total. The fraction of sp³-hybridized carbons (Fsp3) is 0.188. The van der Waals surface area contributed by atoms with Gasteiger partial charge in [0, 0.05) is 37.1 Å². The summed E-state index contributed by atoms with van der Waals surface area (Å²) in [5, 5.41) is 0. The summed E-state index contributed by atoms with van der Waals surface area (Å²) in [5.41, 5.74) is 4.16. The molecule has 1 aliphatic rings. The number of carbonyl (C=O) groups is 1. The third-order valence-electron chi connectivity index (χ3n) is 3.60. The molecule has 4 nitrogen and oxygen atoms in total. The maximum absolute atomic E-state index is 12.0. The number of fused-ring (bicyclic) bond motifs is 1. The predicted octanol–water partition coefficient (Wildman–Crippen LogP) is 3.58. The van der Waals surface area contributed by atoms with Gasteiger partial charge in [0.05, 0.1) is 11.3 Å². The van der Waals surface area contributed by atoms with Crippen molar-refractivity contribution in [1.29, 1.82) is 0 Å². The molecule has 3 rings (SSSR count). The molecule has 1 atom stereocenters. The first-order valence-electron chi connectivity index (χ1n) is 6.59. The highest BCUT2D eigenvalue weighted by Gasteiger charge is 2.32. The van der Waals surface area contributed by atoms with Crippen LogP contribution in [0.15, 0.2) is 42.5 Å². The molecule has 0 saturated carbocycles. The summed E-state index contributed by atoms with van der Waals surface area (Å²) in [7, 11) is 3.97. The molecule has 0 saturated heterocycles. The summed E-state index contributed by atoms with van der Waals surface area (Å²) in [4.78, 5) is 16.5. The number of cyclic esters (lactones) is 1. The van der Waals surface area contributed by atoms with Crippen LogP contribution in [0, 0.1) is 0 Å². The van der Waals surface area contributed by atoms with Crippen LogP contribution >= 0.6 is 11.8 Å². The number of benzene rings is 2. The van der Waals surface area contributed by atoms with Gasteiger partial charge in [0.25, 0.3) is 0 Å². The lowest BCUT2D eigenvalue weighted by Crippen LogP contribution is -2.08. The molecular formula is C16H15ClN2O2. The van der Waals surface area contributed by atoms with Gasteiger partial charge >= 0.3 is 5.97 Å². The highest BCUT2D eigenvalue weighted by molar-refractivity contribution is 6.24. The van der Waals surface area contributed by atoms with Crippen LogP contribution in [0.5, 0.6) is 0 Å². The summed E-state index contributed by atoms with van der Waals surface area (Å²) < 4.78 is 5.49. The molecule has 1 heterocycles. The highest BCUT2D eigenvalue weighted by Crippen LogP contribution is 2.37. The molecular weight excluding hydrogens is 288 g/mol. The number of ether oxygens (including phenoxy) is 1. The number of carbonyl (C=O) groups excluding carboxylic acids is 1. The average molecular weight is 303 g/mol. The quantitative estimate of drug-likeness (QED) is 0.695. The van der Waals surface area contributed by atoms with E-state index in [2.05, 4.69) is 4.84 Å². The third kappa shape index (κ3) is 2.43. The Balaban J connectivity index is 1.97. The van der Waals surface area contributed by atoms with Crippen LogP contribution in [0.4, 0.5) is 11.4 Å². The van der Waals surface area contributed by atoms with E-state index in [0.717, 1.165) is 16.8 Å². The monoisotopic (exact) mass is 302 g/mol. The van der Waals surface area contributed by atoms with E-state index in [1.807, 2.05) is 55.4 Å². The molecule has 0 fully saturated rings. The molecule has 0 bridgehead atoms. The molecule has 21 heavy (non-hydrogen) atoms. The Bertz CT molecular complexity index is 683. The molecule has 0 spiro atoms. The van der Waals surface area contributed by atoms with Crippen molar-refractivity contribution >= 4 is 29.1 Å². The standard InChI is InChI=1S/C16H15ClN2O2/c1-19(2)12-6-3-10(4-7-12)15-13-8-5-11(18-17)9-14(13)16(20)21-15/h3-9,15,18H,1-2H3. The summed E-state index contributed by atoms with van der Waals surface area (Å²) in [5.74, 6) is -0.319. The van der Waals surface area contributed by atoms with E-state index in [0.29, 0.717) is 11.3 Å². The van der Waals surface area contributed by atoms with Crippen molar-refractivity contribution in [2.75, 3.05) is 23.8 Å². The molecule has 1 unspecified atom stereocenters. The zero-order valence-electron chi connectivity index (χ0n) is 11.8. The van der Waals surface area contributed by atoms with Crippen molar-refractivity contribution in [2.24, 2.45) is 0 Å². The minimum absolute atomic E-state index is 0.319. The van der Waals surface area contributed by atoms with Crippen LogP contribution in [0.3, 0.4) is 0 Å². The number of esters is 1. The first-order chi connectivity index (χ1) is 10.1. The van der Waals surface area contributed by atoms with Gasteiger partial charge in [0.1, 0.15) is 0 Å². The fourth-order valence-electron chi connectivity index (χ4n) is 2.45. The number of anilines is 2. The normalized spacial score (nSPS) is 16.3. The number of halogens is 1. The molecule has 0 aromatic heterocycles. The van der Waals surface area contributed by atoms with Gasteiger partial charge in [-0.05, 0) is 29.8 Å². The van der Waals surface area contributed by atoms with Gasteiger partial charge in [-0.15, -0.1) is 0 Å². The van der Waals surface area contributed by atoms with Gasteiger partial charge in [-0.25, -0.2) is 4.79 Å². The van der Waals surface area contributed by atoms with Crippen molar-refractivity contribution in [3.63, 3.8) is 0 Å². The predicted molar refractivity (Wildman–Crippen MR) is 83.9 cm³/mol. The second-order valence-electron chi connectivity index (χ2n) is 5.17. The zero-order valence-corrected chi connectivity index (χ0v) is 12.5. The Labute approximate surface area is 128 Å². The SMILES string of the molecule is CN(C)c1ccc(C2OC(=O)c3cc(NCl)ccc32)cc1. The Morgan fingerprint density at radius 3 is 2.48 bits per heavy atom. The van der Waals surface area contributed by atoms with Gasteiger partial charge in [0.2, 0.25) is 0 Å². The smallest absolute Gasteiger partial charge is 0.339 e.